The van der Waals surface area contributed by atoms with Gasteiger partial charge in [0, 0.05) is 11.7 Å². The third-order valence-corrected chi connectivity index (χ3v) is 4.31. The van der Waals surface area contributed by atoms with Crippen LogP contribution < -0.4 is 10.6 Å². The Morgan fingerprint density at radius 2 is 1.77 bits per heavy atom. The largest absolute Gasteiger partial charge is 0.377 e. The van der Waals surface area contributed by atoms with E-state index in [9.17, 15) is 4.79 Å². The van der Waals surface area contributed by atoms with Crippen LogP contribution in [0.2, 0.25) is 0 Å². The molecule has 4 heteroatoms. The lowest BCUT2D eigenvalue weighted by molar-refractivity contribution is 0.102. The summed E-state index contributed by atoms with van der Waals surface area (Å²) in [5, 5.41) is 6.31. The molecule has 0 spiro atoms. The Kier molecular flexibility index (Phi) is 5.32. The summed E-state index contributed by atoms with van der Waals surface area (Å²) in [6.45, 7) is 6.10. The highest BCUT2D eigenvalue weighted by Crippen LogP contribution is 2.19. The van der Waals surface area contributed by atoms with Crippen molar-refractivity contribution in [3.63, 3.8) is 0 Å². The molecule has 0 fully saturated rings. The Bertz CT molecular complexity index is 889. The second kappa shape index (κ2) is 7.83. The highest BCUT2D eigenvalue weighted by molar-refractivity contribution is 6.03. The van der Waals surface area contributed by atoms with Gasteiger partial charge in [-0.1, -0.05) is 48.0 Å². The van der Waals surface area contributed by atoms with Gasteiger partial charge in [-0.05, 0) is 50.1 Å². The molecule has 0 aliphatic carbocycles. The van der Waals surface area contributed by atoms with Gasteiger partial charge in [0.25, 0.3) is 5.91 Å². The number of aromatic nitrogens is 1. The molecule has 1 heterocycles. The van der Waals surface area contributed by atoms with E-state index in [1.54, 1.807) is 12.3 Å². The molecule has 3 aromatic rings. The van der Waals surface area contributed by atoms with E-state index in [2.05, 4.69) is 34.7 Å². The van der Waals surface area contributed by atoms with E-state index in [1.807, 2.05) is 56.3 Å². The molecule has 1 atom stereocenters. The van der Waals surface area contributed by atoms with Crippen LogP contribution in [0.3, 0.4) is 0 Å². The standard InChI is InChI=1S/C22H23N3O/c1-15-9-11-20(16(2)13-15)25-22(26)21-12-10-19(14-23-21)24-17(3)18-7-5-4-6-8-18/h4-14,17,24H,1-3H3,(H,25,26). The number of aryl methyl sites for hydroxylation is 2. The smallest absolute Gasteiger partial charge is 0.274 e. The van der Waals surface area contributed by atoms with E-state index < -0.39 is 0 Å². The van der Waals surface area contributed by atoms with E-state index >= 15 is 0 Å². The van der Waals surface area contributed by atoms with Crippen molar-refractivity contribution in [3.8, 4) is 0 Å². The molecule has 0 bridgehead atoms. The lowest BCUT2D eigenvalue weighted by Gasteiger charge is -2.15. The molecule has 26 heavy (non-hydrogen) atoms. The summed E-state index contributed by atoms with van der Waals surface area (Å²) in [7, 11) is 0. The first-order valence-corrected chi connectivity index (χ1v) is 8.69. The number of hydrogen-bond acceptors (Lipinski definition) is 3. The number of benzene rings is 2. The molecule has 3 rings (SSSR count). The van der Waals surface area contributed by atoms with Crippen LogP contribution in [0.15, 0.2) is 66.9 Å². The highest BCUT2D eigenvalue weighted by Gasteiger charge is 2.10. The predicted octanol–water partition coefficient (Wildman–Crippen LogP) is 5.12. The maximum absolute atomic E-state index is 12.4. The van der Waals surface area contributed by atoms with E-state index in [-0.39, 0.29) is 11.9 Å². The van der Waals surface area contributed by atoms with Crippen LogP contribution in [0, 0.1) is 13.8 Å². The van der Waals surface area contributed by atoms with Gasteiger partial charge in [0.2, 0.25) is 0 Å². The average molecular weight is 345 g/mol. The number of hydrogen-bond donors (Lipinski definition) is 2. The van der Waals surface area contributed by atoms with Crippen molar-refractivity contribution in [2.24, 2.45) is 0 Å². The molecule has 1 aromatic heterocycles. The SMILES string of the molecule is Cc1ccc(NC(=O)c2ccc(NC(C)c3ccccc3)cn2)c(C)c1. The number of amides is 1. The number of nitrogens with one attached hydrogen (secondary N) is 2. The summed E-state index contributed by atoms with van der Waals surface area (Å²) in [5.74, 6) is -0.209. The van der Waals surface area contributed by atoms with Gasteiger partial charge in [-0.2, -0.15) is 0 Å². The van der Waals surface area contributed by atoms with E-state index in [0.717, 1.165) is 16.9 Å². The van der Waals surface area contributed by atoms with Gasteiger partial charge in [0.05, 0.1) is 11.9 Å². The zero-order valence-electron chi connectivity index (χ0n) is 15.3. The molecule has 2 N–H and O–H groups in total. The number of carbonyl (C=O) groups is 1. The topological polar surface area (TPSA) is 54.0 Å². The van der Waals surface area contributed by atoms with Crippen LogP contribution in [0.1, 0.15) is 40.1 Å². The zero-order valence-corrected chi connectivity index (χ0v) is 15.3. The van der Waals surface area contributed by atoms with Crippen molar-refractivity contribution in [1.29, 1.82) is 0 Å². The van der Waals surface area contributed by atoms with Crippen LogP contribution in [-0.2, 0) is 0 Å². The van der Waals surface area contributed by atoms with Crippen molar-refractivity contribution in [3.05, 3.63) is 89.2 Å². The Balaban J connectivity index is 1.66. The van der Waals surface area contributed by atoms with Crippen molar-refractivity contribution in [2.45, 2.75) is 26.8 Å². The zero-order chi connectivity index (χ0) is 18.5. The quantitative estimate of drug-likeness (QED) is 0.674. The molecule has 0 aliphatic rings. The normalized spacial score (nSPS) is 11.7. The molecule has 0 radical (unpaired) electrons. The molecule has 4 nitrogen and oxygen atoms in total. The second-order valence-electron chi connectivity index (χ2n) is 6.48. The van der Waals surface area contributed by atoms with Gasteiger partial charge in [-0.15, -0.1) is 0 Å². The molecule has 0 saturated carbocycles. The predicted molar refractivity (Wildman–Crippen MR) is 107 cm³/mol. The van der Waals surface area contributed by atoms with Crippen LogP contribution >= 0.6 is 0 Å². The van der Waals surface area contributed by atoms with Crippen molar-refractivity contribution < 1.29 is 4.79 Å². The lowest BCUT2D eigenvalue weighted by atomic mass is 10.1. The van der Waals surface area contributed by atoms with E-state index in [4.69, 9.17) is 0 Å². The van der Waals surface area contributed by atoms with Crippen molar-refractivity contribution in [2.75, 3.05) is 10.6 Å². The van der Waals surface area contributed by atoms with Gasteiger partial charge in [-0.3, -0.25) is 4.79 Å². The summed E-state index contributed by atoms with van der Waals surface area (Å²) in [5.41, 5.74) is 5.48. The maximum Gasteiger partial charge on any atom is 0.274 e. The summed E-state index contributed by atoms with van der Waals surface area (Å²) in [6, 6.07) is 19.9. The monoisotopic (exact) mass is 345 g/mol. The Hall–Kier alpha value is -3.14. The summed E-state index contributed by atoms with van der Waals surface area (Å²) in [6.07, 6.45) is 1.69. The van der Waals surface area contributed by atoms with Gasteiger partial charge in [0.15, 0.2) is 0 Å². The summed E-state index contributed by atoms with van der Waals surface area (Å²) >= 11 is 0. The molecule has 1 unspecified atom stereocenters. The number of anilines is 2. The highest BCUT2D eigenvalue weighted by atomic mass is 16.1. The minimum absolute atomic E-state index is 0.160. The first-order valence-electron chi connectivity index (χ1n) is 8.69. The molecular weight excluding hydrogens is 322 g/mol. The third-order valence-electron chi connectivity index (χ3n) is 4.31. The number of pyridine rings is 1. The molecular formula is C22H23N3O. The van der Waals surface area contributed by atoms with Crippen LogP contribution in [0.25, 0.3) is 0 Å². The second-order valence-corrected chi connectivity index (χ2v) is 6.48. The third kappa shape index (κ3) is 4.28. The van der Waals surface area contributed by atoms with E-state index in [0.29, 0.717) is 5.69 Å². The minimum Gasteiger partial charge on any atom is -0.377 e. The Morgan fingerprint density at radius 3 is 2.42 bits per heavy atom. The van der Waals surface area contributed by atoms with Crippen molar-refractivity contribution >= 4 is 17.3 Å². The molecule has 0 aliphatic heterocycles. The number of rotatable bonds is 5. The minimum atomic E-state index is -0.209. The lowest BCUT2D eigenvalue weighted by Crippen LogP contribution is -2.15. The fraction of sp³-hybridized carbons (Fsp3) is 0.182. The first kappa shape index (κ1) is 17.7. The van der Waals surface area contributed by atoms with Crippen LogP contribution in [-0.4, -0.2) is 10.9 Å². The van der Waals surface area contributed by atoms with Crippen LogP contribution in [0.4, 0.5) is 11.4 Å². The Labute approximate surface area is 154 Å². The van der Waals surface area contributed by atoms with Crippen LogP contribution in [0.5, 0.6) is 0 Å². The maximum atomic E-state index is 12.4. The Morgan fingerprint density at radius 1 is 1.00 bits per heavy atom. The molecule has 2 aromatic carbocycles. The van der Waals surface area contributed by atoms with Gasteiger partial charge in [-0.25, -0.2) is 4.98 Å². The number of nitrogens with zero attached hydrogens (tertiary/aromatic N) is 1. The average Bonchev–Trinajstić information content (AvgIpc) is 2.65. The molecule has 1 amide bonds. The van der Waals surface area contributed by atoms with Crippen molar-refractivity contribution in [1.82, 2.24) is 4.98 Å². The summed E-state index contributed by atoms with van der Waals surface area (Å²) < 4.78 is 0. The van der Waals surface area contributed by atoms with E-state index in [1.165, 1.54) is 11.1 Å². The first-order chi connectivity index (χ1) is 12.5. The molecule has 132 valence electrons. The summed E-state index contributed by atoms with van der Waals surface area (Å²) in [4.78, 5) is 16.7. The number of carbonyl (C=O) groups excluding carboxylic acids is 1. The van der Waals surface area contributed by atoms with Gasteiger partial charge < -0.3 is 10.6 Å². The fourth-order valence-electron chi connectivity index (χ4n) is 2.83. The fourth-order valence-corrected chi connectivity index (χ4v) is 2.83. The van der Waals surface area contributed by atoms with Gasteiger partial charge in [0.1, 0.15) is 5.69 Å². The molecule has 0 saturated heterocycles. The van der Waals surface area contributed by atoms with Gasteiger partial charge >= 0.3 is 0 Å².